The number of aromatic nitrogens is 3. The van der Waals surface area contributed by atoms with E-state index in [-0.39, 0.29) is 5.91 Å². The van der Waals surface area contributed by atoms with Gasteiger partial charge in [0, 0.05) is 36.0 Å². The topological polar surface area (TPSA) is 51.0 Å². The quantitative estimate of drug-likeness (QED) is 0.814. The molecule has 1 aliphatic rings. The van der Waals surface area contributed by atoms with E-state index in [1.807, 2.05) is 12.1 Å². The Morgan fingerprint density at radius 2 is 2.20 bits per heavy atom. The molecule has 2 aromatic rings. The number of nitrogens with zero attached hydrogens (tertiary/aromatic N) is 4. The standard InChI is InChI=1S/C14H13ClN4O/c15-12-4-1-3-11(9-12)14-16-10-19(17-14)8-5-13(20)18-6-2-7-18/h1,3-5,8-10H,2,6-7H2/b8-5-. The molecule has 1 saturated heterocycles. The molecule has 0 spiro atoms. The Morgan fingerprint density at radius 3 is 2.90 bits per heavy atom. The van der Waals surface area contributed by atoms with E-state index in [1.54, 1.807) is 29.6 Å². The number of carbonyl (C=O) groups excluding carboxylic acids is 1. The lowest BCUT2D eigenvalue weighted by molar-refractivity contribution is -0.129. The first-order valence-electron chi connectivity index (χ1n) is 6.36. The second-order valence-electron chi connectivity index (χ2n) is 4.55. The summed E-state index contributed by atoms with van der Waals surface area (Å²) in [5, 5.41) is 4.93. The van der Waals surface area contributed by atoms with Crippen LogP contribution in [-0.4, -0.2) is 38.7 Å². The van der Waals surface area contributed by atoms with E-state index in [1.165, 1.54) is 10.8 Å². The van der Waals surface area contributed by atoms with Crippen molar-refractivity contribution in [1.82, 2.24) is 19.7 Å². The molecule has 1 aliphatic heterocycles. The van der Waals surface area contributed by atoms with Crippen LogP contribution in [0.2, 0.25) is 5.02 Å². The molecular weight excluding hydrogens is 276 g/mol. The molecule has 1 amide bonds. The van der Waals surface area contributed by atoms with Gasteiger partial charge >= 0.3 is 0 Å². The molecule has 5 nitrogen and oxygen atoms in total. The molecule has 20 heavy (non-hydrogen) atoms. The normalized spacial score (nSPS) is 14.6. The van der Waals surface area contributed by atoms with Crippen molar-refractivity contribution in [3.63, 3.8) is 0 Å². The number of halogens is 1. The van der Waals surface area contributed by atoms with Gasteiger partial charge in [0.15, 0.2) is 5.82 Å². The molecule has 6 heteroatoms. The van der Waals surface area contributed by atoms with E-state index in [0.29, 0.717) is 10.8 Å². The fourth-order valence-corrected chi connectivity index (χ4v) is 2.08. The minimum absolute atomic E-state index is 0.0102. The number of hydrogen-bond acceptors (Lipinski definition) is 3. The van der Waals surface area contributed by atoms with Crippen LogP contribution in [0.3, 0.4) is 0 Å². The first kappa shape index (κ1) is 12.9. The van der Waals surface area contributed by atoms with Crippen molar-refractivity contribution in [2.45, 2.75) is 6.42 Å². The third kappa shape index (κ3) is 2.72. The second kappa shape index (κ2) is 5.46. The molecular formula is C14H13ClN4O. The second-order valence-corrected chi connectivity index (χ2v) is 4.99. The molecule has 0 bridgehead atoms. The molecule has 0 N–H and O–H groups in total. The molecule has 0 aliphatic carbocycles. The van der Waals surface area contributed by atoms with Gasteiger partial charge in [-0.1, -0.05) is 23.7 Å². The predicted molar refractivity (Wildman–Crippen MR) is 77.0 cm³/mol. The molecule has 0 saturated carbocycles. The summed E-state index contributed by atoms with van der Waals surface area (Å²) in [5.41, 5.74) is 0.846. The van der Waals surface area contributed by atoms with Gasteiger partial charge < -0.3 is 4.90 Å². The van der Waals surface area contributed by atoms with Gasteiger partial charge in [0.25, 0.3) is 0 Å². The molecule has 1 aromatic carbocycles. The highest BCUT2D eigenvalue weighted by Gasteiger charge is 2.17. The summed E-state index contributed by atoms with van der Waals surface area (Å²) in [6.07, 6.45) is 5.77. The third-order valence-electron chi connectivity index (χ3n) is 3.13. The zero-order valence-electron chi connectivity index (χ0n) is 10.7. The Kier molecular flexibility index (Phi) is 3.52. The Hall–Kier alpha value is -2.14. The fourth-order valence-electron chi connectivity index (χ4n) is 1.89. The molecule has 0 radical (unpaired) electrons. The van der Waals surface area contributed by atoms with E-state index in [9.17, 15) is 4.79 Å². The third-order valence-corrected chi connectivity index (χ3v) is 3.36. The molecule has 3 rings (SSSR count). The average Bonchev–Trinajstić information content (AvgIpc) is 2.83. The van der Waals surface area contributed by atoms with Crippen molar-refractivity contribution >= 4 is 23.7 Å². The Labute approximate surface area is 121 Å². The van der Waals surface area contributed by atoms with Gasteiger partial charge in [-0.25, -0.2) is 9.67 Å². The lowest BCUT2D eigenvalue weighted by Crippen LogP contribution is -2.41. The number of hydrogen-bond donors (Lipinski definition) is 0. The number of benzene rings is 1. The number of rotatable bonds is 3. The monoisotopic (exact) mass is 288 g/mol. The molecule has 2 heterocycles. The zero-order valence-corrected chi connectivity index (χ0v) is 11.5. The lowest BCUT2D eigenvalue weighted by Gasteiger charge is -2.29. The van der Waals surface area contributed by atoms with Crippen LogP contribution in [0.5, 0.6) is 0 Å². The Morgan fingerprint density at radius 1 is 1.35 bits per heavy atom. The summed E-state index contributed by atoms with van der Waals surface area (Å²) < 4.78 is 1.52. The molecule has 102 valence electrons. The fraction of sp³-hybridized carbons (Fsp3) is 0.214. The van der Waals surface area contributed by atoms with Gasteiger partial charge in [-0.3, -0.25) is 4.79 Å². The molecule has 1 fully saturated rings. The van der Waals surface area contributed by atoms with Crippen molar-refractivity contribution in [1.29, 1.82) is 0 Å². The van der Waals surface area contributed by atoms with Crippen LogP contribution in [0.4, 0.5) is 0 Å². The summed E-state index contributed by atoms with van der Waals surface area (Å²) in [4.78, 5) is 17.7. The van der Waals surface area contributed by atoms with E-state index < -0.39 is 0 Å². The minimum Gasteiger partial charge on any atom is -0.339 e. The van der Waals surface area contributed by atoms with Crippen LogP contribution < -0.4 is 0 Å². The van der Waals surface area contributed by atoms with E-state index in [4.69, 9.17) is 11.6 Å². The molecule has 0 atom stereocenters. The van der Waals surface area contributed by atoms with Crippen LogP contribution in [0.1, 0.15) is 6.42 Å². The van der Waals surface area contributed by atoms with Gasteiger partial charge in [0.1, 0.15) is 6.33 Å². The lowest BCUT2D eigenvalue weighted by atomic mass is 10.2. The van der Waals surface area contributed by atoms with Crippen LogP contribution in [0.15, 0.2) is 36.7 Å². The summed E-state index contributed by atoms with van der Waals surface area (Å²) in [6.45, 7) is 1.68. The highest BCUT2D eigenvalue weighted by atomic mass is 35.5. The van der Waals surface area contributed by atoms with Gasteiger partial charge in [-0.15, -0.1) is 5.10 Å². The van der Waals surface area contributed by atoms with Crippen molar-refractivity contribution in [2.24, 2.45) is 0 Å². The summed E-state index contributed by atoms with van der Waals surface area (Å²) in [7, 11) is 0. The van der Waals surface area contributed by atoms with Gasteiger partial charge in [-0.05, 0) is 18.6 Å². The highest BCUT2D eigenvalue weighted by molar-refractivity contribution is 6.30. The first-order valence-corrected chi connectivity index (χ1v) is 6.74. The Balaban J connectivity index is 1.73. The summed E-state index contributed by atoms with van der Waals surface area (Å²) >= 11 is 5.93. The van der Waals surface area contributed by atoms with Gasteiger partial charge in [0.2, 0.25) is 5.91 Å². The van der Waals surface area contributed by atoms with Gasteiger partial charge in [0.05, 0.1) is 0 Å². The number of amides is 1. The van der Waals surface area contributed by atoms with E-state index >= 15 is 0 Å². The van der Waals surface area contributed by atoms with Crippen molar-refractivity contribution in [3.05, 3.63) is 41.7 Å². The largest absolute Gasteiger partial charge is 0.339 e. The summed E-state index contributed by atoms with van der Waals surface area (Å²) in [5.74, 6) is 0.588. The van der Waals surface area contributed by atoms with Crippen LogP contribution >= 0.6 is 11.6 Å². The van der Waals surface area contributed by atoms with Crippen LogP contribution in [-0.2, 0) is 4.79 Å². The Bertz CT molecular complexity index is 661. The number of likely N-dealkylation sites (tertiary alicyclic amines) is 1. The van der Waals surface area contributed by atoms with E-state index in [0.717, 1.165) is 25.1 Å². The smallest absolute Gasteiger partial charge is 0.248 e. The maximum Gasteiger partial charge on any atom is 0.248 e. The molecule has 0 unspecified atom stereocenters. The van der Waals surface area contributed by atoms with Crippen molar-refractivity contribution in [2.75, 3.05) is 13.1 Å². The first-order chi connectivity index (χ1) is 9.72. The summed E-state index contributed by atoms with van der Waals surface area (Å²) in [6, 6.07) is 7.34. The van der Waals surface area contributed by atoms with Crippen LogP contribution in [0, 0.1) is 0 Å². The van der Waals surface area contributed by atoms with Crippen molar-refractivity contribution < 1.29 is 4.79 Å². The van der Waals surface area contributed by atoms with Gasteiger partial charge in [-0.2, -0.15) is 0 Å². The average molecular weight is 289 g/mol. The molecule has 1 aromatic heterocycles. The van der Waals surface area contributed by atoms with Crippen LogP contribution in [0.25, 0.3) is 17.6 Å². The highest BCUT2D eigenvalue weighted by Crippen LogP contribution is 2.18. The number of carbonyl (C=O) groups is 1. The minimum atomic E-state index is 0.0102. The zero-order chi connectivity index (χ0) is 13.9. The SMILES string of the molecule is O=C(/C=C\n1cnc(-c2cccc(Cl)c2)n1)N1CCC1. The maximum absolute atomic E-state index is 11.7. The maximum atomic E-state index is 11.7. The van der Waals surface area contributed by atoms with Crippen molar-refractivity contribution in [3.8, 4) is 11.4 Å². The van der Waals surface area contributed by atoms with E-state index in [2.05, 4.69) is 10.1 Å². The predicted octanol–water partition coefficient (Wildman–Crippen LogP) is 2.30.